The van der Waals surface area contributed by atoms with Crippen molar-refractivity contribution in [3.05, 3.63) is 46.1 Å². The van der Waals surface area contributed by atoms with E-state index in [2.05, 4.69) is 26.0 Å². The third kappa shape index (κ3) is 6.75. The predicted molar refractivity (Wildman–Crippen MR) is 118 cm³/mol. The van der Waals surface area contributed by atoms with E-state index in [-0.39, 0.29) is 24.3 Å². The number of esters is 1. The Labute approximate surface area is 201 Å². The van der Waals surface area contributed by atoms with Crippen molar-refractivity contribution in [1.29, 1.82) is 0 Å². The van der Waals surface area contributed by atoms with Crippen LogP contribution in [0.15, 0.2) is 39.2 Å². The maximum Gasteiger partial charge on any atom is 0.422 e. The number of carbonyl (C=O) groups excluding carboxylic acids is 3. The van der Waals surface area contributed by atoms with Gasteiger partial charge in [0, 0.05) is 22.8 Å². The summed E-state index contributed by atoms with van der Waals surface area (Å²) < 4.78 is 52.1. The summed E-state index contributed by atoms with van der Waals surface area (Å²) in [5, 5.41) is 2.51. The van der Waals surface area contributed by atoms with Crippen molar-refractivity contribution >= 4 is 39.4 Å². The maximum atomic E-state index is 12.9. The molecule has 0 spiro atoms. The molecule has 3 rings (SSSR count). The third-order valence-electron chi connectivity index (χ3n) is 4.52. The molecule has 1 aromatic carbocycles. The molecule has 34 heavy (non-hydrogen) atoms. The number of alkyl halides is 3. The van der Waals surface area contributed by atoms with Crippen LogP contribution in [0.1, 0.15) is 48.1 Å². The van der Waals surface area contributed by atoms with Crippen molar-refractivity contribution in [1.82, 2.24) is 5.32 Å². The molecule has 1 unspecified atom stereocenters. The number of nitrogens with zero attached hydrogens (tertiary/aromatic N) is 1. The zero-order valence-corrected chi connectivity index (χ0v) is 20.1. The second-order valence-corrected chi connectivity index (χ2v) is 9.44. The lowest BCUT2D eigenvalue weighted by molar-refractivity contribution is -0.156. The zero-order chi connectivity index (χ0) is 25.3. The highest BCUT2D eigenvalue weighted by Gasteiger charge is 2.35. The molecule has 1 atom stereocenters. The standard InChI is InChI=1S/C22H22BrF3N2O6/c1-21(2,3)34-20(31)12-8-13(23)10-14(9-12)28-7-6-15(19(28)30)27-18(29)16-4-5-17(33-16)32-11-22(24,25)26/h4-5,8-10,15H,6-7,11H2,1-3H3,(H,27,29). The molecule has 0 radical (unpaired) electrons. The Bertz CT molecular complexity index is 1090. The van der Waals surface area contributed by atoms with E-state index in [1.807, 2.05) is 0 Å². The van der Waals surface area contributed by atoms with E-state index in [0.29, 0.717) is 10.2 Å². The molecular formula is C22H22BrF3N2O6. The first-order valence-corrected chi connectivity index (χ1v) is 11.0. The van der Waals surface area contributed by atoms with Gasteiger partial charge in [-0.3, -0.25) is 9.59 Å². The zero-order valence-electron chi connectivity index (χ0n) is 18.5. The molecule has 1 aliphatic rings. The first kappa shape index (κ1) is 25.6. The number of ether oxygens (including phenoxy) is 2. The molecule has 2 aromatic rings. The highest BCUT2D eigenvalue weighted by molar-refractivity contribution is 9.10. The van der Waals surface area contributed by atoms with Crippen LogP contribution in [0.3, 0.4) is 0 Å². The quantitative estimate of drug-likeness (QED) is 0.536. The van der Waals surface area contributed by atoms with Crippen molar-refractivity contribution in [3.8, 4) is 5.95 Å². The lowest BCUT2D eigenvalue weighted by Gasteiger charge is -2.21. The molecule has 1 N–H and O–H groups in total. The highest BCUT2D eigenvalue weighted by atomic mass is 79.9. The first-order valence-electron chi connectivity index (χ1n) is 10.2. The number of nitrogens with one attached hydrogen (secondary N) is 1. The van der Waals surface area contributed by atoms with Crippen LogP contribution in [0, 0.1) is 0 Å². The van der Waals surface area contributed by atoms with Crippen LogP contribution in [0.4, 0.5) is 18.9 Å². The second-order valence-electron chi connectivity index (χ2n) is 8.53. The van der Waals surface area contributed by atoms with Gasteiger partial charge in [0.2, 0.25) is 5.91 Å². The van der Waals surface area contributed by atoms with E-state index in [0.717, 1.165) is 12.1 Å². The van der Waals surface area contributed by atoms with E-state index in [1.54, 1.807) is 32.9 Å². The largest absolute Gasteiger partial charge is 0.456 e. The number of hydrogen-bond acceptors (Lipinski definition) is 6. The summed E-state index contributed by atoms with van der Waals surface area (Å²) in [4.78, 5) is 39.2. The number of carbonyl (C=O) groups is 3. The van der Waals surface area contributed by atoms with Gasteiger partial charge in [0.25, 0.3) is 11.9 Å². The van der Waals surface area contributed by atoms with Gasteiger partial charge in [0.15, 0.2) is 12.4 Å². The smallest absolute Gasteiger partial charge is 0.422 e. The number of furan rings is 1. The van der Waals surface area contributed by atoms with Gasteiger partial charge in [-0.2, -0.15) is 13.2 Å². The lowest BCUT2D eigenvalue weighted by atomic mass is 10.1. The van der Waals surface area contributed by atoms with Crippen LogP contribution in [-0.4, -0.2) is 48.8 Å². The molecule has 1 aliphatic heterocycles. The topological polar surface area (TPSA) is 98.1 Å². The molecule has 2 amide bonds. The van der Waals surface area contributed by atoms with Crippen LogP contribution >= 0.6 is 15.9 Å². The Balaban J connectivity index is 1.67. The first-order chi connectivity index (χ1) is 15.7. The van der Waals surface area contributed by atoms with E-state index in [1.165, 1.54) is 11.0 Å². The molecule has 8 nitrogen and oxygen atoms in total. The molecule has 1 saturated heterocycles. The number of amides is 2. The third-order valence-corrected chi connectivity index (χ3v) is 4.98. The molecule has 2 heterocycles. The molecular weight excluding hydrogens is 525 g/mol. The normalized spacial score (nSPS) is 16.5. The summed E-state index contributed by atoms with van der Waals surface area (Å²) >= 11 is 3.33. The fraction of sp³-hybridized carbons (Fsp3) is 0.409. The maximum absolute atomic E-state index is 12.9. The predicted octanol–water partition coefficient (Wildman–Crippen LogP) is 4.47. The number of halogens is 4. The van der Waals surface area contributed by atoms with E-state index in [4.69, 9.17) is 9.15 Å². The van der Waals surface area contributed by atoms with Crippen LogP contribution in [0.2, 0.25) is 0 Å². The van der Waals surface area contributed by atoms with E-state index < -0.39 is 48.2 Å². The van der Waals surface area contributed by atoms with Crippen molar-refractivity contribution in [2.24, 2.45) is 0 Å². The fourth-order valence-corrected chi connectivity index (χ4v) is 3.64. The van der Waals surface area contributed by atoms with Gasteiger partial charge in [-0.1, -0.05) is 15.9 Å². The Kier molecular flexibility index (Phi) is 7.29. The number of rotatable bonds is 6. The SMILES string of the molecule is CC(C)(C)OC(=O)c1cc(Br)cc(N2CCC(NC(=O)c3ccc(OCC(F)(F)F)o3)C2=O)c1. The van der Waals surface area contributed by atoms with Crippen LogP contribution < -0.4 is 15.0 Å². The molecule has 1 fully saturated rings. The summed E-state index contributed by atoms with van der Waals surface area (Å²) in [6.07, 6.45) is -4.28. The van der Waals surface area contributed by atoms with Gasteiger partial charge in [-0.05, 0) is 51.5 Å². The number of anilines is 1. The average Bonchev–Trinajstić information content (AvgIpc) is 3.31. The van der Waals surface area contributed by atoms with Crippen molar-refractivity contribution in [2.45, 2.75) is 45.0 Å². The monoisotopic (exact) mass is 546 g/mol. The Morgan fingerprint density at radius 1 is 1.21 bits per heavy atom. The van der Waals surface area contributed by atoms with Crippen molar-refractivity contribution in [2.75, 3.05) is 18.1 Å². The average molecular weight is 547 g/mol. The molecule has 0 saturated carbocycles. The van der Waals surface area contributed by atoms with E-state index in [9.17, 15) is 27.6 Å². The van der Waals surface area contributed by atoms with Crippen LogP contribution in [0.5, 0.6) is 5.95 Å². The summed E-state index contributed by atoms with van der Waals surface area (Å²) in [7, 11) is 0. The lowest BCUT2D eigenvalue weighted by Crippen LogP contribution is -2.41. The fourth-order valence-electron chi connectivity index (χ4n) is 3.16. The van der Waals surface area contributed by atoms with Gasteiger partial charge >= 0.3 is 12.1 Å². The minimum Gasteiger partial charge on any atom is -0.456 e. The number of hydrogen-bond donors (Lipinski definition) is 1. The summed E-state index contributed by atoms with van der Waals surface area (Å²) in [6.45, 7) is 3.93. The highest BCUT2D eigenvalue weighted by Crippen LogP contribution is 2.28. The van der Waals surface area contributed by atoms with Gasteiger partial charge in [-0.25, -0.2) is 4.79 Å². The van der Waals surface area contributed by atoms with Crippen LogP contribution in [0.25, 0.3) is 0 Å². The Morgan fingerprint density at radius 2 is 1.91 bits per heavy atom. The van der Waals surface area contributed by atoms with Crippen molar-refractivity contribution < 1.29 is 41.4 Å². The van der Waals surface area contributed by atoms with Gasteiger partial charge < -0.3 is 24.1 Å². The molecule has 0 aliphatic carbocycles. The molecule has 12 heteroatoms. The minimum absolute atomic E-state index is 0.251. The summed E-state index contributed by atoms with van der Waals surface area (Å²) in [5.74, 6) is -2.50. The van der Waals surface area contributed by atoms with Crippen molar-refractivity contribution in [3.63, 3.8) is 0 Å². The molecule has 0 bridgehead atoms. The van der Waals surface area contributed by atoms with E-state index >= 15 is 0 Å². The van der Waals surface area contributed by atoms with Gasteiger partial charge in [0.1, 0.15) is 11.6 Å². The second kappa shape index (κ2) is 9.69. The molecule has 184 valence electrons. The Morgan fingerprint density at radius 3 is 2.56 bits per heavy atom. The molecule has 1 aromatic heterocycles. The van der Waals surface area contributed by atoms with Gasteiger partial charge in [0.05, 0.1) is 5.56 Å². The Hall–Kier alpha value is -3.02. The summed E-state index contributed by atoms with van der Waals surface area (Å²) in [6, 6.07) is 6.11. The number of benzene rings is 1. The van der Waals surface area contributed by atoms with Gasteiger partial charge in [-0.15, -0.1) is 0 Å². The summed E-state index contributed by atoms with van der Waals surface area (Å²) in [5.41, 5.74) is 0.00131. The minimum atomic E-state index is -4.55. The van der Waals surface area contributed by atoms with Crippen LogP contribution in [-0.2, 0) is 9.53 Å².